The van der Waals surface area contributed by atoms with E-state index >= 15 is 0 Å². The number of nitrogens with one attached hydrogen (secondary N) is 2. The number of fused-ring (bicyclic) bond motifs is 1. The first kappa shape index (κ1) is 14.7. The summed E-state index contributed by atoms with van der Waals surface area (Å²) in [5.41, 5.74) is 2.14. The highest BCUT2D eigenvalue weighted by Crippen LogP contribution is 2.31. The van der Waals surface area contributed by atoms with Crippen LogP contribution < -0.4 is 4.90 Å². The smallest absolute Gasteiger partial charge is 0.145 e. The molecule has 3 N–H and O–H groups in total. The van der Waals surface area contributed by atoms with E-state index in [1.807, 2.05) is 0 Å². The second kappa shape index (κ2) is 5.35. The molecule has 2 aromatic carbocycles. The summed E-state index contributed by atoms with van der Waals surface area (Å²) in [5.74, 6) is 0.124. The molecule has 3 aromatic rings. The minimum Gasteiger partial charge on any atom is -0.509 e. The Morgan fingerprint density at radius 1 is 1.21 bits per heavy atom. The van der Waals surface area contributed by atoms with Crippen molar-refractivity contribution in [2.45, 2.75) is 0 Å². The maximum Gasteiger partial charge on any atom is 0.145 e. The van der Waals surface area contributed by atoms with Crippen molar-refractivity contribution in [1.29, 1.82) is 5.41 Å². The monoisotopic (exact) mass is 342 g/mol. The summed E-state index contributed by atoms with van der Waals surface area (Å²) >= 11 is 5.89. The quantitative estimate of drug-likeness (QED) is 0.655. The van der Waals surface area contributed by atoms with E-state index in [1.54, 1.807) is 35.2 Å². The van der Waals surface area contributed by atoms with Crippen LogP contribution in [-0.4, -0.2) is 27.5 Å². The molecule has 1 aromatic heterocycles. The number of aromatic amines is 1. The molecular weight excluding hydrogens is 331 g/mol. The lowest BCUT2D eigenvalue weighted by atomic mass is 10.2. The molecule has 0 amide bonds. The summed E-state index contributed by atoms with van der Waals surface area (Å²) in [6, 6.07) is 11.2. The van der Waals surface area contributed by atoms with Crippen molar-refractivity contribution in [2.24, 2.45) is 0 Å². The Morgan fingerprint density at radius 3 is 2.71 bits per heavy atom. The number of aliphatic hydroxyl groups is 1. The fraction of sp³-hybridized carbons (Fsp3) is 0.0588. The van der Waals surface area contributed by atoms with Crippen molar-refractivity contribution in [3.05, 3.63) is 64.9 Å². The number of hydrogen-bond acceptors (Lipinski definition) is 3. The lowest BCUT2D eigenvalue weighted by molar-refractivity contribution is 0.411. The Morgan fingerprint density at radius 2 is 1.96 bits per heavy atom. The largest absolute Gasteiger partial charge is 0.509 e. The zero-order chi connectivity index (χ0) is 16.8. The molecule has 0 aliphatic carbocycles. The van der Waals surface area contributed by atoms with Gasteiger partial charge in [0.05, 0.1) is 23.2 Å². The van der Waals surface area contributed by atoms with Gasteiger partial charge in [-0.2, -0.15) is 0 Å². The SMILES string of the molecule is N=C1C(c2nc3ccc(F)cc3[nH]2)=C(O)CN1c1ccc(Cl)cc1. The van der Waals surface area contributed by atoms with Crippen molar-refractivity contribution < 1.29 is 9.50 Å². The molecule has 0 bridgehead atoms. The number of amidine groups is 1. The van der Waals surface area contributed by atoms with Crippen LogP contribution in [0.4, 0.5) is 10.1 Å². The van der Waals surface area contributed by atoms with Crippen LogP contribution in [0.25, 0.3) is 16.6 Å². The number of rotatable bonds is 2. The number of halogens is 2. The van der Waals surface area contributed by atoms with Crippen molar-refractivity contribution in [3.63, 3.8) is 0 Å². The summed E-state index contributed by atoms with van der Waals surface area (Å²) in [6.45, 7) is 0.168. The van der Waals surface area contributed by atoms with Gasteiger partial charge in [-0.25, -0.2) is 9.37 Å². The van der Waals surface area contributed by atoms with E-state index in [0.717, 1.165) is 5.69 Å². The van der Waals surface area contributed by atoms with E-state index in [9.17, 15) is 9.50 Å². The molecule has 7 heteroatoms. The highest BCUT2D eigenvalue weighted by atomic mass is 35.5. The number of H-pyrrole nitrogens is 1. The first-order valence-electron chi connectivity index (χ1n) is 7.23. The van der Waals surface area contributed by atoms with Gasteiger partial charge in [-0.15, -0.1) is 0 Å². The van der Waals surface area contributed by atoms with E-state index in [4.69, 9.17) is 17.0 Å². The van der Waals surface area contributed by atoms with Gasteiger partial charge >= 0.3 is 0 Å². The van der Waals surface area contributed by atoms with Gasteiger partial charge in [-0.1, -0.05) is 11.6 Å². The van der Waals surface area contributed by atoms with Crippen molar-refractivity contribution in [2.75, 3.05) is 11.4 Å². The zero-order valence-corrected chi connectivity index (χ0v) is 13.1. The Hall–Kier alpha value is -2.86. The fourth-order valence-electron chi connectivity index (χ4n) is 2.77. The average molecular weight is 343 g/mol. The molecule has 0 atom stereocenters. The van der Waals surface area contributed by atoms with Gasteiger partial charge in [-0.05, 0) is 42.5 Å². The number of aromatic nitrogens is 2. The van der Waals surface area contributed by atoms with E-state index in [1.165, 1.54) is 12.1 Å². The predicted octanol–water partition coefficient (Wildman–Crippen LogP) is 4.12. The zero-order valence-electron chi connectivity index (χ0n) is 12.3. The summed E-state index contributed by atoms with van der Waals surface area (Å²) in [6.07, 6.45) is 0. The Kier molecular flexibility index (Phi) is 3.28. The molecule has 5 nitrogen and oxygen atoms in total. The summed E-state index contributed by atoms with van der Waals surface area (Å²) in [7, 11) is 0. The molecule has 0 unspecified atom stereocenters. The van der Waals surface area contributed by atoms with Crippen molar-refractivity contribution >= 4 is 39.7 Å². The second-order valence-corrected chi connectivity index (χ2v) is 5.92. The molecule has 4 rings (SSSR count). The Bertz CT molecular complexity index is 993. The molecule has 1 aliphatic heterocycles. The first-order valence-corrected chi connectivity index (χ1v) is 7.60. The maximum atomic E-state index is 13.3. The Labute approximate surface area is 141 Å². The lowest BCUT2D eigenvalue weighted by Crippen LogP contribution is -2.26. The number of anilines is 1. The first-order chi connectivity index (χ1) is 11.5. The number of aliphatic hydroxyl groups excluding tert-OH is 1. The predicted molar refractivity (Wildman–Crippen MR) is 92.1 cm³/mol. The summed E-state index contributed by atoms with van der Waals surface area (Å²) in [5, 5.41) is 19.3. The van der Waals surface area contributed by atoms with Crippen LogP contribution in [0.3, 0.4) is 0 Å². The number of imidazole rings is 1. The Balaban J connectivity index is 1.73. The fourth-order valence-corrected chi connectivity index (χ4v) is 2.90. The van der Waals surface area contributed by atoms with E-state index in [2.05, 4.69) is 9.97 Å². The van der Waals surface area contributed by atoms with Crippen LogP contribution in [0.1, 0.15) is 5.82 Å². The molecule has 120 valence electrons. The molecule has 1 aliphatic rings. The van der Waals surface area contributed by atoms with E-state index in [-0.39, 0.29) is 24.0 Å². The third kappa shape index (κ3) is 2.32. The second-order valence-electron chi connectivity index (χ2n) is 5.48. The highest BCUT2D eigenvalue weighted by Gasteiger charge is 2.31. The van der Waals surface area contributed by atoms with Gasteiger partial charge in [0.15, 0.2) is 0 Å². The van der Waals surface area contributed by atoms with E-state index < -0.39 is 0 Å². The summed E-state index contributed by atoms with van der Waals surface area (Å²) < 4.78 is 13.3. The molecule has 24 heavy (non-hydrogen) atoms. The summed E-state index contributed by atoms with van der Waals surface area (Å²) in [4.78, 5) is 8.96. The van der Waals surface area contributed by atoms with Gasteiger partial charge in [0, 0.05) is 10.7 Å². The van der Waals surface area contributed by atoms with Crippen molar-refractivity contribution in [3.8, 4) is 0 Å². The van der Waals surface area contributed by atoms with Crippen LogP contribution in [0.2, 0.25) is 5.02 Å². The van der Waals surface area contributed by atoms with Gasteiger partial charge in [0.25, 0.3) is 0 Å². The molecular formula is C17H12ClFN4O. The number of benzene rings is 2. The molecule has 0 fully saturated rings. The van der Waals surface area contributed by atoms with Crippen LogP contribution in [-0.2, 0) is 0 Å². The third-order valence-electron chi connectivity index (χ3n) is 3.92. The lowest BCUT2D eigenvalue weighted by Gasteiger charge is -2.18. The molecule has 0 radical (unpaired) electrons. The molecule has 0 spiro atoms. The average Bonchev–Trinajstić information content (AvgIpc) is 3.08. The van der Waals surface area contributed by atoms with Gasteiger partial charge in [-0.3, -0.25) is 5.41 Å². The van der Waals surface area contributed by atoms with E-state index in [0.29, 0.717) is 27.5 Å². The topological polar surface area (TPSA) is 76.0 Å². The molecule has 0 saturated heterocycles. The van der Waals surface area contributed by atoms with Gasteiger partial charge in [0.2, 0.25) is 0 Å². The molecule has 0 saturated carbocycles. The van der Waals surface area contributed by atoms with Crippen LogP contribution in [0, 0.1) is 11.2 Å². The number of hydrogen-bond donors (Lipinski definition) is 3. The maximum absolute atomic E-state index is 13.3. The highest BCUT2D eigenvalue weighted by molar-refractivity contribution is 6.31. The third-order valence-corrected chi connectivity index (χ3v) is 4.17. The van der Waals surface area contributed by atoms with Crippen molar-refractivity contribution in [1.82, 2.24) is 9.97 Å². The van der Waals surface area contributed by atoms with Crippen LogP contribution >= 0.6 is 11.6 Å². The molecule has 2 heterocycles. The van der Waals surface area contributed by atoms with Crippen LogP contribution in [0.15, 0.2) is 48.2 Å². The minimum atomic E-state index is -0.375. The number of nitrogens with zero attached hydrogens (tertiary/aromatic N) is 2. The standard InChI is InChI=1S/C17H12ClFN4O/c18-9-1-4-11(5-2-9)23-8-14(24)15(16(23)20)17-21-12-6-3-10(19)7-13(12)22-17/h1-7,20,24H,8H2,(H,21,22). The van der Waals surface area contributed by atoms with Gasteiger partial charge < -0.3 is 15.0 Å². The normalized spacial score (nSPS) is 14.9. The minimum absolute atomic E-state index is 0.0366. The van der Waals surface area contributed by atoms with Crippen LogP contribution in [0.5, 0.6) is 0 Å². The van der Waals surface area contributed by atoms with Gasteiger partial charge in [0.1, 0.15) is 23.2 Å².